The van der Waals surface area contributed by atoms with E-state index in [2.05, 4.69) is 9.88 Å². The van der Waals surface area contributed by atoms with Crippen LogP contribution in [0, 0.1) is 0 Å². The maximum absolute atomic E-state index is 13.3. The molecule has 33 heavy (non-hydrogen) atoms. The second kappa shape index (κ2) is 9.66. The first-order chi connectivity index (χ1) is 16.0. The van der Waals surface area contributed by atoms with E-state index >= 15 is 0 Å². The monoisotopic (exact) mass is 466 g/mol. The van der Waals surface area contributed by atoms with Crippen LogP contribution in [0.15, 0.2) is 88.3 Å². The van der Waals surface area contributed by atoms with Gasteiger partial charge in [-0.3, -0.25) is 4.72 Å². The van der Waals surface area contributed by atoms with E-state index in [0.29, 0.717) is 17.1 Å². The number of aromatic nitrogens is 1. The van der Waals surface area contributed by atoms with Crippen molar-refractivity contribution >= 4 is 15.8 Å². The number of methoxy groups -OCH3 is 2. The number of hydrogen-bond donors (Lipinski definition) is 1. The lowest BCUT2D eigenvalue weighted by molar-refractivity contribution is 0.293. The Morgan fingerprint density at radius 2 is 1.52 bits per heavy atom. The third kappa shape index (κ3) is 4.93. The smallest absolute Gasteiger partial charge is 0.270 e. The summed E-state index contributed by atoms with van der Waals surface area (Å²) < 4.78 is 50.9. The number of nitrogens with zero attached hydrogens (tertiary/aromatic N) is 1. The van der Waals surface area contributed by atoms with Gasteiger partial charge in [-0.1, -0.05) is 53.7 Å². The van der Waals surface area contributed by atoms with Crippen molar-refractivity contribution in [3.8, 4) is 28.6 Å². The highest BCUT2D eigenvalue weighted by atomic mass is 32.2. The van der Waals surface area contributed by atoms with Gasteiger partial charge in [-0.15, -0.1) is 0 Å². The molecule has 0 radical (unpaired) electrons. The zero-order valence-electron chi connectivity index (χ0n) is 18.0. The zero-order valence-corrected chi connectivity index (χ0v) is 18.8. The molecule has 8 nitrogen and oxygen atoms in total. The van der Waals surface area contributed by atoms with Gasteiger partial charge in [0.05, 0.1) is 19.8 Å². The van der Waals surface area contributed by atoms with Gasteiger partial charge < -0.3 is 18.7 Å². The standard InChI is InChI=1S/C24H22N2O6S/c1-29-19-12-7-6-11-18(19)22-15-23(25-32-22)26-33(27,28)24-20(30-2)13-8-14-21(24)31-16-17-9-4-3-5-10-17/h3-15H,16H2,1-2H3,(H,25,26). The van der Waals surface area contributed by atoms with Crippen molar-refractivity contribution < 1.29 is 27.2 Å². The van der Waals surface area contributed by atoms with E-state index in [9.17, 15) is 8.42 Å². The molecule has 0 fully saturated rings. The number of nitrogens with one attached hydrogen (secondary N) is 1. The number of anilines is 1. The molecule has 0 atom stereocenters. The van der Waals surface area contributed by atoms with E-state index in [1.54, 1.807) is 30.3 Å². The van der Waals surface area contributed by atoms with Gasteiger partial charge in [-0.25, -0.2) is 8.42 Å². The van der Waals surface area contributed by atoms with Gasteiger partial charge in [0.15, 0.2) is 16.5 Å². The second-order valence-corrected chi connectivity index (χ2v) is 8.56. The predicted octanol–water partition coefficient (Wildman–Crippen LogP) is 4.74. The molecule has 3 aromatic carbocycles. The summed E-state index contributed by atoms with van der Waals surface area (Å²) in [6, 6.07) is 22.9. The van der Waals surface area contributed by atoms with Crippen LogP contribution in [0.2, 0.25) is 0 Å². The van der Waals surface area contributed by atoms with E-state index < -0.39 is 10.0 Å². The highest BCUT2D eigenvalue weighted by Crippen LogP contribution is 2.36. The predicted molar refractivity (Wildman–Crippen MR) is 123 cm³/mol. The number of sulfonamides is 1. The Kier molecular flexibility index (Phi) is 6.50. The van der Waals surface area contributed by atoms with Crippen molar-refractivity contribution in [3.05, 3.63) is 84.4 Å². The molecule has 0 amide bonds. The van der Waals surface area contributed by atoms with Crippen molar-refractivity contribution in [2.24, 2.45) is 0 Å². The molecule has 4 rings (SSSR count). The topological polar surface area (TPSA) is 99.9 Å². The summed E-state index contributed by atoms with van der Waals surface area (Å²) in [5, 5.41) is 3.85. The number of ether oxygens (including phenoxy) is 3. The summed E-state index contributed by atoms with van der Waals surface area (Å²) >= 11 is 0. The average molecular weight is 467 g/mol. The van der Waals surface area contributed by atoms with Crippen molar-refractivity contribution in [1.29, 1.82) is 0 Å². The minimum absolute atomic E-state index is 0.0100. The minimum Gasteiger partial charge on any atom is -0.496 e. The van der Waals surface area contributed by atoms with Crippen LogP contribution < -0.4 is 18.9 Å². The van der Waals surface area contributed by atoms with Gasteiger partial charge >= 0.3 is 0 Å². The lowest BCUT2D eigenvalue weighted by atomic mass is 10.1. The van der Waals surface area contributed by atoms with E-state index in [1.807, 2.05) is 42.5 Å². The molecule has 0 aliphatic carbocycles. The Morgan fingerprint density at radius 3 is 2.27 bits per heavy atom. The number of rotatable bonds is 9. The average Bonchev–Trinajstić information content (AvgIpc) is 3.30. The second-order valence-electron chi connectivity index (χ2n) is 6.94. The van der Waals surface area contributed by atoms with Crippen LogP contribution in [0.4, 0.5) is 5.82 Å². The molecule has 0 aliphatic rings. The maximum Gasteiger partial charge on any atom is 0.270 e. The van der Waals surface area contributed by atoms with Crippen molar-refractivity contribution in [1.82, 2.24) is 5.16 Å². The van der Waals surface area contributed by atoms with Gasteiger partial charge in [0.25, 0.3) is 10.0 Å². The first-order valence-electron chi connectivity index (χ1n) is 9.98. The molecular weight excluding hydrogens is 444 g/mol. The Labute approximate surface area is 191 Å². The van der Waals surface area contributed by atoms with Crippen molar-refractivity contribution in [2.45, 2.75) is 11.5 Å². The molecule has 0 saturated heterocycles. The first-order valence-corrected chi connectivity index (χ1v) is 11.5. The fourth-order valence-corrected chi connectivity index (χ4v) is 4.54. The summed E-state index contributed by atoms with van der Waals surface area (Å²) in [6.45, 7) is 0.193. The highest BCUT2D eigenvalue weighted by Gasteiger charge is 2.27. The lowest BCUT2D eigenvalue weighted by Gasteiger charge is -2.15. The summed E-state index contributed by atoms with van der Waals surface area (Å²) in [4.78, 5) is -0.134. The fraction of sp³-hybridized carbons (Fsp3) is 0.125. The molecule has 0 bridgehead atoms. The van der Waals surface area contributed by atoms with Crippen LogP contribution in [0.1, 0.15) is 5.56 Å². The molecule has 9 heteroatoms. The Morgan fingerprint density at radius 1 is 0.848 bits per heavy atom. The van der Waals surface area contributed by atoms with E-state index in [1.165, 1.54) is 20.3 Å². The van der Waals surface area contributed by atoms with Crippen molar-refractivity contribution in [2.75, 3.05) is 18.9 Å². The third-order valence-corrected chi connectivity index (χ3v) is 6.21. The highest BCUT2D eigenvalue weighted by molar-refractivity contribution is 7.93. The molecule has 0 unspecified atom stereocenters. The minimum atomic E-state index is -4.13. The molecular formula is C24H22N2O6S. The van der Waals surface area contributed by atoms with Crippen LogP contribution in [-0.4, -0.2) is 27.8 Å². The van der Waals surface area contributed by atoms with Gasteiger partial charge in [0.1, 0.15) is 23.9 Å². The number of benzene rings is 3. The molecule has 0 aliphatic heterocycles. The SMILES string of the molecule is COc1ccccc1-c1cc(NS(=O)(=O)c2c(OC)cccc2OCc2ccccc2)no1. The molecule has 1 heterocycles. The van der Waals surface area contributed by atoms with Gasteiger partial charge in [-0.2, -0.15) is 0 Å². The summed E-state index contributed by atoms with van der Waals surface area (Å²) in [5.41, 5.74) is 1.54. The Bertz CT molecular complexity index is 1340. The zero-order chi connectivity index (χ0) is 23.3. The van der Waals surface area contributed by atoms with Gasteiger partial charge in [0, 0.05) is 6.07 Å². The first kappa shape index (κ1) is 22.2. The van der Waals surface area contributed by atoms with Crippen LogP contribution in [-0.2, 0) is 16.6 Å². The summed E-state index contributed by atoms with van der Waals surface area (Å²) in [7, 11) is -1.20. The third-order valence-electron chi connectivity index (χ3n) is 4.79. The Hall–Kier alpha value is -3.98. The maximum atomic E-state index is 13.3. The molecule has 4 aromatic rings. The van der Waals surface area contributed by atoms with Crippen molar-refractivity contribution in [3.63, 3.8) is 0 Å². The fourth-order valence-electron chi connectivity index (χ4n) is 3.26. The van der Waals surface area contributed by atoms with Crippen LogP contribution in [0.5, 0.6) is 17.2 Å². The number of para-hydroxylation sites is 1. The Balaban J connectivity index is 1.63. The molecule has 170 valence electrons. The normalized spacial score (nSPS) is 11.1. The number of hydrogen-bond acceptors (Lipinski definition) is 7. The van der Waals surface area contributed by atoms with Crippen LogP contribution in [0.3, 0.4) is 0 Å². The van der Waals surface area contributed by atoms with Crippen LogP contribution >= 0.6 is 0 Å². The largest absolute Gasteiger partial charge is 0.496 e. The summed E-state index contributed by atoms with van der Waals surface area (Å²) in [6.07, 6.45) is 0. The quantitative estimate of drug-likeness (QED) is 0.380. The molecule has 1 aromatic heterocycles. The van der Waals surface area contributed by atoms with E-state index in [-0.39, 0.29) is 28.8 Å². The van der Waals surface area contributed by atoms with Gasteiger partial charge in [-0.05, 0) is 29.8 Å². The van der Waals surface area contributed by atoms with Gasteiger partial charge in [0.2, 0.25) is 0 Å². The van der Waals surface area contributed by atoms with E-state index in [4.69, 9.17) is 18.7 Å². The van der Waals surface area contributed by atoms with E-state index in [0.717, 1.165) is 5.56 Å². The lowest BCUT2D eigenvalue weighted by Crippen LogP contribution is -2.16. The summed E-state index contributed by atoms with van der Waals surface area (Å²) in [5.74, 6) is 1.23. The molecule has 1 N–H and O–H groups in total. The molecule has 0 spiro atoms. The molecule has 0 saturated carbocycles. The van der Waals surface area contributed by atoms with Crippen LogP contribution in [0.25, 0.3) is 11.3 Å².